The SMILES string of the molecule is OC1CCN(c2ccc(CN3CCC=C(F)C3)cc2)CC1. The Hall–Kier alpha value is -1.39. The number of hydrogen-bond acceptors (Lipinski definition) is 3. The van der Waals surface area contributed by atoms with Crippen LogP contribution in [0.3, 0.4) is 0 Å². The molecule has 2 heterocycles. The lowest BCUT2D eigenvalue weighted by molar-refractivity contribution is 0.145. The largest absolute Gasteiger partial charge is 0.393 e. The summed E-state index contributed by atoms with van der Waals surface area (Å²) in [7, 11) is 0. The third-order valence-corrected chi connectivity index (χ3v) is 4.36. The van der Waals surface area contributed by atoms with Crippen molar-refractivity contribution in [1.82, 2.24) is 4.90 Å². The third-order valence-electron chi connectivity index (χ3n) is 4.36. The van der Waals surface area contributed by atoms with Crippen molar-refractivity contribution in [3.05, 3.63) is 41.7 Å². The minimum absolute atomic E-state index is 0.00950. The summed E-state index contributed by atoms with van der Waals surface area (Å²) < 4.78 is 13.3. The van der Waals surface area contributed by atoms with Gasteiger partial charge in [0.05, 0.1) is 12.6 Å². The summed E-state index contributed by atoms with van der Waals surface area (Å²) >= 11 is 0. The highest BCUT2D eigenvalue weighted by Gasteiger charge is 2.17. The molecule has 2 aliphatic rings. The van der Waals surface area contributed by atoms with Crippen LogP contribution in [0.2, 0.25) is 0 Å². The van der Waals surface area contributed by atoms with Crippen molar-refractivity contribution in [2.45, 2.75) is 31.9 Å². The van der Waals surface area contributed by atoms with Crippen molar-refractivity contribution < 1.29 is 9.50 Å². The number of halogens is 1. The molecule has 3 rings (SSSR count). The average Bonchev–Trinajstić information content (AvgIpc) is 2.49. The lowest BCUT2D eigenvalue weighted by Gasteiger charge is -2.31. The van der Waals surface area contributed by atoms with E-state index in [1.807, 2.05) is 0 Å². The van der Waals surface area contributed by atoms with E-state index < -0.39 is 0 Å². The number of piperidine rings is 1. The van der Waals surface area contributed by atoms with Gasteiger partial charge in [0.25, 0.3) is 0 Å². The van der Waals surface area contributed by atoms with E-state index in [1.54, 1.807) is 6.08 Å². The Kier molecular flexibility index (Phi) is 4.56. The molecule has 0 atom stereocenters. The summed E-state index contributed by atoms with van der Waals surface area (Å²) in [5.41, 5.74) is 2.45. The van der Waals surface area contributed by atoms with Crippen molar-refractivity contribution in [1.29, 1.82) is 0 Å². The zero-order chi connectivity index (χ0) is 14.7. The minimum atomic E-state index is -0.137. The fourth-order valence-electron chi connectivity index (χ4n) is 3.09. The van der Waals surface area contributed by atoms with Gasteiger partial charge in [-0.05, 0) is 37.0 Å². The van der Waals surface area contributed by atoms with E-state index in [4.69, 9.17) is 0 Å². The van der Waals surface area contributed by atoms with Crippen LogP contribution >= 0.6 is 0 Å². The highest BCUT2D eigenvalue weighted by atomic mass is 19.1. The number of nitrogens with zero attached hydrogens (tertiary/aromatic N) is 2. The molecule has 21 heavy (non-hydrogen) atoms. The first-order valence-corrected chi connectivity index (χ1v) is 7.79. The van der Waals surface area contributed by atoms with E-state index in [1.165, 1.54) is 11.3 Å². The predicted octanol–water partition coefficient (Wildman–Crippen LogP) is 2.71. The van der Waals surface area contributed by atoms with Crippen LogP contribution in [-0.2, 0) is 6.54 Å². The molecule has 114 valence electrons. The Balaban J connectivity index is 1.58. The summed E-state index contributed by atoms with van der Waals surface area (Å²) in [6.07, 6.45) is 4.05. The molecular formula is C17H23FN2O. The van der Waals surface area contributed by atoms with E-state index in [2.05, 4.69) is 34.1 Å². The quantitative estimate of drug-likeness (QED) is 0.927. The van der Waals surface area contributed by atoms with Gasteiger partial charge in [0.15, 0.2) is 0 Å². The van der Waals surface area contributed by atoms with Gasteiger partial charge < -0.3 is 10.0 Å². The van der Waals surface area contributed by atoms with Gasteiger partial charge in [-0.15, -0.1) is 0 Å². The molecule has 0 aliphatic carbocycles. The van der Waals surface area contributed by atoms with Crippen LogP contribution in [-0.4, -0.2) is 42.3 Å². The molecule has 0 saturated carbocycles. The van der Waals surface area contributed by atoms with Crippen LogP contribution in [0.4, 0.5) is 10.1 Å². The van der Waals surface area contributed by atoms with Crippen molar-refractivity contribution >= 4 is 5.69 Å². The summed E-state index contributed by atoms with van der Waals surface area (Å²) in [5, 5.41) is 9.55. The molecule has 0 amide bonds. The van der Waals surface area contributed by atoms with E-state index >= 15 is 0 Å². The zero-order valence-electron chi connectivity index (χ0n) is 12.3. The number of rotatable bonds is 3. The lowest BCUT2D eigenvalue weighted by atomic mass is 10.1. The van der Waals surface area contributed by atoms with Gasteiger partial charge in [0.1, 0.15) is 5.83 Å². The van der Waals surface area contributed by atoms with E-state index in [0.717, 1.165) is 45.4 Å². The van der Waals surface area contributed by atoms with Crippen LogP contribution in [0, 0.1) is 0 Å². The van der Waals surface area contributed by atoms with E-state index in [-0.39, 0.29) is 11.9 Å². The highest BCUT2D eigenvalue weighted by molar-refractivity contribution is 5.48. The van der Waals surface area contributed by atoms with Crippen molar-refractivity contribution in [2.75, 3.05) is 31.1 Å². The Morgan fingerprint density at radius 3 is 2.48 bits per heavy atom. The monoisotopic (exact) mass is 290 g/mol. The Bertz CT molecular complexity index is 492. The number of aliphatic hydroxyl groups excluding tert-OH is 1. The molecule has 0 aromatic heterocycles. The molecule has 1 N–H and O–H groups in total. The first-order valence-electron chi connectivity index (χ1n) is 7.79. The topological polar surface area (TPSA) is 26.7 Å². The van der Waals surface area contributed by atoms with Crippen molar-refractivity contribution in [3.63, 3.8) is 0 Å². The maximum absolute atomic E-state index is 13.3. The number of hydrogen-bond donors (Lipinski definition) is 1. The first-order chi connectivity index (χ1) is 10.2. The molecule has 1 aromatic rings. The van der Waals surface area contributed by atoms with E-state index in [9.17, 15) is 9.50 Å². The lowest BCUT2D eigenvalue weighted by Crippen LogP contribution is -2.35. The maximum Gasteiger partial charge on any atom is 0.110 e. The molecular weight excluding hydrogens is 267 g/mol. The van der Waals surface area contributed by atoms with Crippen LogP contribution in [0.25, 0.3) is 0 Å². The van der Waals surface area contributed by atoms with Gasteiger partial charge in [0, 0.05) is 31.9 Å². The van der Waals surface area contributed by atoms with Gasteiger partial charge >= 0.3 is 0 Å². The van der Waals surface area contributed by atoms with Gasteiger partial charge in [0.2, 0.25) is 0 Å². The summed E-state index contributed by atoms with van der Waals surface area (Å²) in [5.74, 6) is -0.00950. The van der Waals surface area contributed by atoms with Gasteiger partial charge in [-0.2, -0.15) is 0 Å². The molecule has 1 aromatic carbocycles. The second-order valence-electron chi connectivity index (χ2n) is 6.03. The zero-order valence-corrected chi connectivity index (χ0v) is 12.3. The van der Waals surface area contributed by atoms with Crippen molar-refractivity contribution in [2.24, 2.45) is 0 Å². The summed E-state index contributed by atoms with van der Waals surface area (Å²) in [6, 6.07) is 8.56. The molecule has 1 saturated heterocycles. The molecule has 0 bridgehead atoms. The Labute approximate surface area is 125 Å². The van der Waals surface area contributed by atoms with Gasteiger partial charge in [-0.1, -0.05) is 18.2 Å². The number of anilines is 1. The standard InChI is InChI=1S/C17H23FN2O/c18-15-2-1-9-19(13-15)12-14-3-5-16(6-4-14)20-10-7-17(21)8-11-20/h2-6,17,21H,1,7-13H2. The molecule has 3 nitrogen and oxygen atoms in total. The second kappa shape index (κ2) is 6.58. The molecule has 0 unspecified atom stereocenters. The third kappa shape index (κ3) is 3.83. The smallest absolute Gasteiger partial charge is 0.110 e. The normalized spacial score (nSPS) is 21.4. The van der Waals surface area contributed by atoms with E-state index in [0.29, 0.717) is 6.54 Å². The molecule has 1 fully saturated rings. The van der Waals surface area contributed by atoms with Crippen LogP contribution in [0.5, 0.6) is 0 Å². The Morgan fingerprint density at radius 2 is 1.81 bits per heavy atom. The minimum Gasteiger partial charge on any atom is -0.393 e. The molecule has 0 radical (unpaired) electrons. The molecule has 4 heteroatoms. The van der Waals surface area contributed by atoms with Crippen molar-refractivity contribution in [3.8, 4) is 0 Å². The molecule has 0 spiro atoms. The summed E-state index contributed by atoms with van der Waals surface area (Å²) in [6.45, 7) is 4.01. The number of benzene rings is 1. The summed E-state index contributed by atoms with van der Waals surface area (Å²) in [4.78, 5) is 4.46. The van der Waals surface area contributed by atoms with Crippen LogP contribution < -0.4 is 4.90 Å². The van der Waals surface area contributed by atoms with Crippen LogP contribution in [0.15, 0.2) is 36.2 Å². The highest BCUT2D eigenvalue weighted by Crippen LogP contribution is 2.21. The second-order valence-corrected chi connectivity index (χ2v) is 6.03. The van der Waals surface area contributed by atoms with Crippen LogP contribution in [0.1, 0.15) is 24.8 Å². The fraction of sp³-hybridized carbons (Fsp3) is 0.529. The predicted molar refractivity (Wildman–Crippen MR) is 83.0 cm³/mol. The fourth-order valence-corrected chi connectivity index (χ4v) is 3.09. The first kappa shape index (κ1) is 14.5. The Morgan fingerprint density at radius 1 is 1.10 bits per heavy atom. The molecule has 2 aliphatic heterocycles. The maximum atomic E-state index is 13.3. The average molecular weight is 290 g/mol. The van der Waals surface area contributed by atoms with Gasteiger partial charge in [-0.3, -0.25) is 4.90 Å². The van der Waals surface area contributed by atoms with Gasteiger partial charge in [-0.25, -0.2) is 4.39 Å². The number of aliphatic hydroxyl groups is 1.